The fraction of sp³-hybridized carbons (Fsp3) is 0.154. The lowest BCUT2D eigenvalue weighted by atomic mass is 10.1. The Balaban J connectivity index is 2.51. The second-order valence-corrected chi connectivity index (χ2v) is 4.00. The fourth-order valence-electron chi connectivity index (χ4n) is 2.17. The molecule has 0 fully saturated rings. The first-order chi connectivity index (χ1) is 7.79. The zero-order chi connectivity index (χ0) is 11.1. The molecule has 2 heterocycles. The molecular formula is C13H13N3. The molecule has 0 aliphatic carbocycles. The molecule has 0 saturated carbocycles. The molecule has 16 heavy (non-hydrogen) atoms. The second-order valence-electron chi connectivity index (χ2n) is 4.00. The van der Waals surface area contributed by atoms with E-state index in [-0.39, 0.29) is 0 Å². The Morgan fingerprint density at radius 2 is 2.06 bits per heavy atom. The van der Waals surface area contributed by atoms with Crippen molar-refractivity contribution in [1.29, 1.82) is 0 Å². The van der Waals surface area contributed by atoms with Crippen LogP contribution in [0.3, 0.4) is 0 Å². The lowest BCUT2D eigenvalue weighted by Gasteiger charge is -2.00. The molecule has 0 atom stereocenters. The molecule has 0 radical (unpaired) electrons. The zero-order valence-corrected chi connectivity index (χ0v) is 9.12. The van der Waals surface area contributed by atoms with Crippen LogP contribution < -0.4 is 5.73 Å². The average molecular weight is 211 g/mol. The number of nitrogens with two attached hydrogens (primary N) is 1. The van der Waals surface area contributed by atoms with Gasteiger partial charge in [-0.25, -0.2) is 0 Å². The normalized spacial score (nSPS) is 11.4. The Bertz CT molecular complexity index is 667. The molecule has 0 aliphatic heterocycles. The lowest BCUT2D eigenvalue weighted by Crippen LogP contribution is -2.00. The Morgan fingerprint density at radius 1 is 1.25 bits per heavy atom. The fourth-order valence-corrected chi connectivity index (χ4v) is 2.17. The van der Waals surface area contributed by atoms with Gasteiger partial charge in [0, 0.05) is 22.8 Å². The monoisotopic (exact) mass is 211 g/mol. The number of hydrogen-bond acceptors (Lipinski definition) is 2. The summed E-state index contributed by atoms with van der Waals surface area (Å²) in [5.74, 6) is 0. The molecule has 80 valence electrons. The minimum Gasteiger partial charge on any atom is -0.353 e. The van der Waals surface area contributed by atoms with E-state index >= 15 is 0 Å². The Morgan fingerprint density at radius 3 is 2.88 bits per heavy atom. The first-order valence-electron chi connectivity index (χ1n) is 5.36. The SMILES string of the molecule is Cc1nc(CN)cc2c1[nH]c1ccccc12. The molecule has 0 aliphatic rings. The van der Waals surface area contributed by atoms with Crippen LogP contribution in [0.15, 0.2) is 30.3 Å². The summed E-state index contributed by atoms with van der Waals surface area (Å²) in [4.78, 5) is 7.85. The predicted octanol–water partition coefficient (Wildman–Crippen LogP) is 2.48. The number of nitrogens with zero attached hydrogens (tertiary/aromatic N) is 1. The number of aromatic amines is 1. The maximum absolute atomic E-state index is 5.65. The van der Waals surface area contributed by atoms with Gasteiger partial charge in [-0.1, -0.05) is 18.2 Å². The van der Waals surface area contributed by atoms with Crippen LogP contribution in [-0.2, 0) is 6.54 Å². The van der Waals surface area contributed by atoms with E-state index in [4.69, 9.17) is 5.73 Å². The van der Waals surface area contributed by atoms with Crippen LogP contribution in [0.1, 0.15) is 11.4 Å². The van der Waals surface area contributed by atoms with Gasteiger partial charge in [-0.3, -0.25) is 4.98 Å². The summed E-state index contributed by atoms with van der Waals surface area (Å²) in [5, 5.41) is 2.45. The molecule has 1 aromatic carbocycles. The number of aryl methyl sites for hydroxylation is 1. The number of aromatic nitrogens is 2. The van der Waals surface area contributed by atoms with Crippen molar-refractivity contribution in [2.24, 2.45) is 5.73 Å². The minimum absolute atomic E-state index is 0.482. The summed E-state index contributed by atoms with van der Waals surface area (Å²) in [7, 11) is 0. The van der Waals surface area contributed by atoms with Crippen LogP contribution in [0, 0.1) is 6.92 Å². The predicted molar refractivity (Wildman–Crippen MR) is 66.2 cm³/mol. The highest BCUT2D eigenvalue weighted by Crippen LogP contribution is 2.26. The van der Waals surface area contributed by atoms with Crippen molar-refractivity contribution in [3.8, 4) is 0 Å². The molecule has 3 heteroatoms. The number of rotatable bonds is 1. The number of pyridine rings is 1. The molecule has 0 spiro atoms. The molecule has 3 rings (SSSR count). The van der Waals surface area contributed by atoms with Gasteiger partial charge in [-0.15, -0.1) is 0 Å². The molecule has 0 saturated heterocycles. The van der Waals surface area contributed by atoms with Crippen LogP contribution in [0.5, 0.6) is 0 Å². The van der Waals surface area contributed by atoms with Crippen molar-refractivity contribution >= 4 is 21.8 Å². The molecule has 0 bridgehead atoms. The van der Waals surface area contributed by atoms with Crippen molar-refractivity contribution in [1.82, 2.24) is 9.97 Å². The van der Waals surface area contributed by atoms with E-state index in [1.54, 1.807) is 0 Å². The number of para-hydroxylation sites is 1. The van der Waals surface area contributed by atoms with Gasteiger partial charge in [0.1, 0.15) is 0 Å². The highest BCUT2D eigenvalue weighted by Gasteiger charge is 2.07. The maximum Gasteiger partial charge on any atom is 0.0681 e. The number of H-pyrrole nitrogens is 1. The number of fused-ring (bicyclic) bond motifs is 3. The standard InChI is InChI=1S/C13H13N3/c1-8-13-11(6-9(7-14)15-8)10-4-2-3-5-12(10)16-13/h2-6,16H,7,14H2,1H3. The number of benzene rings is 1. The van der Waals surface area contributed by atoms with Gasteiger partial charge in [0.2, 0.25) is 0 Å². The first kappa shape index (κ1) is 9.36. The molecule has 2 aromatic heterocycles. The van der Waals surface area contributed by atoms with Crippen LogP contribution in [0.25, 0.3) is 21.8 Å². The van der Waals surface area contributed by atoms with E-state index in [1.807, 2.05) is 19.1 Å². The summed E-state index contributed by atoms with van der Waals surface area (Å²) in [6.45, 7) is 2.49. The van der Waals surface area contributed by atoms with Crippen molar-refractivity contribution in [3.05, 3.63) is 41.7 Å². The summed E-state index contributed by atoms with van der Waals surface area (Å²) in [6.07, 6.45) is 0. The van der Waals surface area contributed by atoms with Gasteiger partial charge in [-0.2, -0.15) is 0 Å². The van der Waals surface area contributed by atoms with E-state index in [0.29, 0.717) is 6.54 Å². The third-order valence-corrected chi connectivity index (χ3v) is 2.94. The second kappa shape index (κ2) is 3.32. The maximum atomic E-state index is 5.65. The van der Waals surface area contributed by atoms with Crippen LogP contribution in [0.2, 0.25) is 0 Å². The lowest BCUT2D eigenvalue weighted by molar-refractivity contribution is 0.978. The van der Waals surface area contributed by atoms with Gasteiger partial charge in [-0.05, 0) is 19.1 Å². The third kappa shape index (κ3) is 1.22. The summed E-state index contributed by atoms with van der Waals surface area (Å²) in [6, 6.07) is 10.4. The van der Waals surface area contributed by atoms with Crippen LogP contribution >= 0.6 is 0 Å². The van der Waals surface area contributed by atoms with Crippen molar-refractivity contribution < 1.29 is 0 Å². The molecule has 3 N–H and O–H groups in total. The average Bonchev–Trinajstić information content (AvgIpc) is 2.68. The molecular weight excluding hydrogens is 198 g/mol. The van der Waals surface area contributed by atoms with Gasteiger partial charge >= 0.3 is 0 Å². The molecule has 0 amide bonds. The molecule has 3 nitrogen and oxygen atoms in total. The van der Waals surface area contributed by atoms with Crippen LogP contribution in [0.4, 0.5) is 0 Å². The molecule has 3 aromatic rings. The van der Waals surface area contributed by atoms with E-state index in [0.717, 1.165) is 22.4 Å². The van der Waals surface area contributed by atoms with Gasteiger partial charge in [0.25, 0.3) is 0 Å². The smallest absolute Gasteiger partial charge is 0.0681 e. The summed E-state index contributed by atoms with van der Waals surface area (Å²) in [5.41, 5.74) is 9.86. The topological polar surface area (TPSA) is 54.7 Å². The molecule has 0 unspecified atom stereocenters. The van der Waals surface area contributed by atoms with Gasteiger partial charge in [0.05, 0.1) is 16.9 Å². The first-order valence-corrected chi connectivity index (χ1v) is 5.36. The quantitative estimate of drug-likeness (QED) is 0.649. The largest absolute Gasteiger partial charge is 0.353 e. The Labute approximate surface area is 93.3 Å². The summed E-state index contributed by atoms with van der Waals surface area (Å²) < 4.78 is 0. The highest BCUT2D eigenvalue weighted by atomic mass is 14.8. The Kier molecular flexibility index (Phi) is 1.94. The Hall–Kier alpha value is -1.87. The van der Waals surface area contributed by atoms with E-state index < -0.39 is 0 Å². The summed E-state index contributed by atoms with van der Waals surface area (Å²) >= 11 is 0. The van der Waals surface area contributed by atoms with Crippen molar-refractivity contribution in [3.63, 3.8) is 0 Å². The van der Waals surface area contributed by atoms with Crippen LogP contribution in [-0.4, -0.2) is 9.97 Å². The highest BCUT2D eigenvalue weighted by molar-refractivity contribution is 6.07. The third-order valence-electron chi connectivity index (χ3n) is 2.94. The van der Waals surface area contributed by atoms with Gasteiger partial charge < -0.3 is 10.7 Å². The van der Waals surface area contributed by atoms with Crippen molar-refractivity contribution in [2.45, 2.75) is 13.5 Å². The zero-order valence-electron chi connectivity index (χ0n) is 9.12. The van der Waals surface area contributed by atoms with E-state index in [1.165, 1.54) is 10.8 Å². The number of nitrogens with one attached hydrogen (secondary N) is 1. The number of hydrogen-bond donors (Lipinski definition) is 2. The minimum atomic E-state index is 0.482. The van der Waals surface area contributed by atoms with E-state index in [9.17, 15) is 0 Å². The van der Waals surface area contributed by atoms with E-state index in [2.05, 4.69) is 28.2 Å². The van der Waals surface area contributed by atoms with Crippen molar-refractivity contribution in [2.75, 3.05) is 0 Å². The van der Waals surface area contributed by atoms with Gasteiger partial charge in [0.15, 0.2) is 0 Å².